The van der Waals surface area contributed by atoms with Crippen molar-refractivity contribution in [1.29, 1.82) is 0 Å². The van der Waals surface area contributed by atoms with Crippen LogP contribution in [-0.4, -0.2) is 12.6 Å². The van der Waals surface area contributed by atoms with Gasteiger partial charge in [0.1, 0.15) is 5.82 Å². The third-order valence-electron chi connectivity index (χ3n) is 3.26. The van der Waals surface area contributed by atoms with E-state index in [1.807, 2.05) is 0 Å². The maximum atomic E-state index is 13.8. The lowest BCUT2D eigenvalue weighted by atomic mass is 9.96. The Morgan fingerprint density at radius 1 is 1.22 bits per heavy atom. The smallest absolute Gasteiger partial charge is 0.314 e. The van der Waals surface area contributed by atoms with E-state index in [4.69, 9.17) is 0 Å². The van der Waals surface area contributed by atoms with Crippen molar-refractivity contribution in [2.24, 2.45) is 0 Å². The second-order valence-corrected chi connectivity index (χ2v) is 4.63. The largest absolute Gasteiger partial charge is 0.419 e. The molecular formula is C13H15F4N. The SMILES string of the molecule is Fc1c(CC2CCCCN2)cccc1C(F)(F)F. The minimum Gasteiger partial charge on any atom is -0.314 e. The molecule has 1 aliphatic heterocycles. The van der Waals surface area contributed by atoms with Crippen LogP contribution in [0.5, 0.6) is 0 Å². The van der Waals surface area contributed by atoms with E-state index in [9.17, 15) is 17.6 Å². The average Bonchev–Trinajstić information content (AvgIpc) is 2.32. The van der Waals surface area contributed by atoms with Crippen molar-refractivity contribution in [3.63, 3.8) is 0 Å². The normalized spacial score (nSPS) is 21.0. The lowest BCUT2D eigenvalue weighted by Gasteiger charge is -2.24. The number of alkyl halides is 3. The van der Waals surface area contributed by atoms with Crippen LogP contribution in [0.1, 0.15) is 30.4 Å². The van der Waals surface area contributed by atoms with Gasteiger partial charge < -0.3 is 5.32 Å². The van der Waals surface area contributed by atoms with Crippen molar-refractivity contribution in [3.05, 3.63) is 35.1 Å². The summed E-state index contributed by atoms with van der Waals surface area (Å²) in [5.74, 6) is -1.13. The molecule has 5 heteroatoms. The fourth-order valence-corrected chi connectivity index (χ4v) is 2.32. The highest BCUT2D eigenvalue weighted by Crippen LogP contribution is 2.32. The van der Waals surface area contributed by atoms with Crippen molar-refractivity contribution in [3.8, 4) is 0 Å². The zero-order valence-electron chi connectivity index (χ0n) is 9.86. The Labute approximate surface area is 103 Å². The molecule has 1 atom stereocenters. The molecule has 1 aromatic carbocycles. The Balaban J connectivity index is 2.18. The summed E-state index contributed by atoms with van der Waals surface area (Å²) in [6.07, 6.45) is -1.31. The minimum absolute atomic E-state index is 0.0803. The predicted octanol–water partition coefficient (Wildman–Crippen LogP) is 3.53. The number of nitrogens with one attached hydrogen (secondary N) is 1. The zero-order valence-corrected chi connectivity index (χ0v) is 9.86. The monoisotopic (exact) mass is 261 g/mol. The Bertz CT molecular complexity index is 408. The fourth-order valence-electron chi connectivity index (χ4n) is 2.32. The number of halogens is 4. The predicted molar refractivity (Wildman–Crippen MR) is 60.7 cm³/mol. The van der Waals surface area contributed by atoms with E-state index in [1.165, 1.54) is 12.1 Å². The van der Waals surface area contributed by atoms with Gasteiger partial charge in [0, 0.05) is 6.04 Å². The van der Waals surface area contributed by atoms with Crippen LogP contribution >= 0.6 is 0 Å². The molecule has 1 aromatic rings. The molecule has 0 saturated carbocycles. The van der Waals surface area contributed by atoms with E-state index >= 15 is 0 Å². The van der Waals surface area contributed by atoms with E-state index in [2.05, 4.69) is 5.32 Å². The molecule has 0 aromatic heterocycles. The maximum Gasteiger partial charge on any atom is 0.419 e. The molecular weight excluding hydrogens is 246 g/mol. The summed E-state index contributed by atoms with van der Waals surface area (Å²) in [6.45, 7) is 0.852. The van der Waals surface area contributed by atoms with Gasteiger partial charge in [-0.2, -0.15) is 13.2 Å². The summed E-state index contributed by atoms with van der Waals surface area (Å²) in [7, 11) is 0. The van der Waals surface area contributed by atoms with E-state index in [1.54, 1.807) is 0 Å². The van der Waals surface area contributed by atoms with Gasteiger partial charge in [-0.1, -0.05) is 18.6 Å². The molecule has 0 spiro atoms. The molecule has 1 fully saturated rings. The fraction of sp³-hybridized carbons (Fsp3) is 0.538. The maximum absolute atomic E-state index is 13.8. The number of hydrogen-bond acceptors (Lipinski definition) is 1. The van der Waals surface area contributed by atoms with Crippen LogP contribution in [0.2, 0.25) is 0 Å². The first-order valence-corrected chi connectivity index (χ1v) is 6.06. The van der Waals surface area contributed by atoms with Crippen LogP contribution < -0.4 is 5.32 Å². The summed E-state index contributed by atoms with van der Waals surface area (Å²) < 4.78 is 51.4. The molecule has 100 valence electrons. The van der Waals surface area contributed by atoms with Crippen molar-refractivity contribution < 1.29 is 17.6 Å². The first kappa shape index (κ1) is 13.3. The van der Waals surface area contributed by atoms with E-state index in [0.717, 1.165) is 31.9 Å². The highest BCUT2D eigenvalue weighted by molar-refractivity contribution is 5.28. The molecule has 1 aliphatic rings. The van der Waals surface area contributed by atoms with Crippen LogP contribution in [0.3, 0.4) is 0 Å². The van der Waals surface area contributed by atoms with Crippen molar-refractivity contribution in [2.75, 3.05) is 6.54 Å². The lowest BCUT2D eigenvalue weighted by Crippen LogP contribution is -2.35. The number of piperidine rings is 1. The van der Waals surface area contributed by atoms with E-state index in [-0.39, 0.29) is 11.6 Å². The third kappa shape index (κ3) is 3.02. The number of rotatable bonds is 2. The Morgan fingerprint density at radius 2 is 2.00 bits per heavy atom. The second-order valence-electron chi connectivity index (χ2n) is 4.63. The van der Waals surface area contributed by atoms with E-state index in [0.29, 0.717) is 6.42 Å². The van der Waals surface area contributed by atoms with Crippen LogP contribution in [-0.2, 0) is 12.6 Å². The van der Waals surface area contributed by atoms with Crippen LogP contribution in [0, 0.1) is 5.82 Å². The lowest BCUT2D eigenvalue weighted by molar-refractivity contribution is -0.140. The van der Waals surface area contributed by atoms with Crippen LogP contribution in [0.4, 0.5) is 17.6 Å². The standard InChI is InChI=1S/C13H15F4N/c14-12-9(8-10-5-1-2-7-18-10)4-3-6-11(12)13(15,16)17/h3-4,6,10,18H,1-2,5,7-8H2. The molecule has 1 N–H and O–H groups in total. The van der Waals surface area contributed by atoms with Gasteiger partial charge in [0.25, 0.3) is 0 Å². The molecule has 1 nitrogen and oxygen atoms in total. The topological polar surface area (TPSA) is 12.0 Å². The van der Waals surface area contributed by atoms with Crippen molar-refractivity contribution in [2.45, 2.75) is 37.9 Å². The Kier molecular flexibility index (Phi) is 3.90. The summed E-state index contributed by atoms with van der Waals surface area (Å²) in [6, 6.07) is 3.56. The molecule has 0 bridgehead atoms. The summed E-state index contributed by atoms with van der Waals surface area (Å²) in [5, 5.41) is 3.21. The number of hydrogen-bond donors (Lipinski definition) is 1. The Morgan fingerprint density at radius 3 is 2.61 bits per heavy atom. The summed E-state index contributed by atoms with van der Waals surface area (Å²) >= 11 is 0. The minimum atomic E-state index is -4.62. The van der Waals surface area contributed by atoms with Crippen molar-refractivity contribution >= 4 is 0 Å². The third-order valence-corrected chi connectivity index (χ3v) is 3.26. The molecule has 1 saturated heterocycles. The molecule has 0 radical (unpaired) electrons. The van der Waals surface area contributed by atoms with Gasteiger partial charge in [-0.15, -0.1) is 0 Å². The van der Waals surface area contributed by atoms with Gasteiger partial charge >= 0.3 is 6.18 Å². The van der Waals surface area contributed by atoms with Crippen LogP contribution in [0.15, 0.2) is 18.2 Å². The molecule has 1 heterocycles. The molecule has 2 rings (SSSR count). The molecule has 0 aliphatic carbocycles. The first-order valence-electron chi connectivity index (χ1n) is 6.06. The second kappa shape index (κ2) is 5.26. The molecule has 0 amide bonds. The van der Waals surface area contributed by atoms with Gasteiger partial charge in [0.15, 0.2) is 0 Å². The summed E-state index contributed by atoms with van der Waals surface area (Å²) in [5.41, 5.74) is -1.03. The average molecular weight is 261 g/mol. The molecule has 18 heavy (non-hydrogen) atoms. The van der Waals surface area contributed by atoms with E-state index < -0.39 is 17.6 Å². The summed E-state index contributed by atoms with van der Waals surface area (Å²) in [4.78, 5) is 0. The molecule has 1 unspecified atom stereocenters. The van der Waals surface area contributed by atoms with Crippen LogP contribution in [0.25, 0.3) is 0 Å². The zero-order chi connectivity index (χ0) is 13.2. The quantitative estimate of drug-likeness (QED) is 0.803. The van der Waals surface area contributed by atoms with Crippen molar-refractivity contribution in [1.82, 2.24) is 5.32 Å². The van der Waals surface area contributed by atoms with Gasteiger partial charge in [0.05, 0.1) is 5.56 Å². The van der Waals surface area contributed by atoms with Gasteiger partial charge in [0.2, 0.25) is 0 Å². The highest BCUT2D eigenvalue weighted by Gasteiger charge is 2.34. The highest BCUT2D eigenvalue weighted by atomic mass is 19.4. The Hall–Kier alpha value is -1.10. The first-order chi connectivity index (χ1) is 8.48. The van der Waals surface area contributed by atoms with Gasteiger partial charge in [-0.3, -0.25) is 0 Å². The number of benzene rings is 1. The van der Waals surface area contributed by atoms with Gasteiger partial charge in [-0.05, 0) is 37.4 Å². The van der Waals surface area contributed by atoms with Gasteiger partial charge in [-0.25, -0.2) is 4.39 Å².